The van der Waals surface area contributed by atoms with Crippen LogP contribution in [-0.2, 0) is 7.05 Å². The van der Waals surface area contributed by atoms with Crippen molar-refractivity contribution in [3.63, 3.8) is 0 Å². The molecule has 0 bridgehead atoms. The summed E-state index contributed by atoms with van der Waals surface area (Å²) in [4.78, 5) is 13.9. The number of amides is 1. The highest BCUT2D eigenvalue weighted by molar-refractivity contribution is 5.93. The molecule has 1 aromatic rings. The van der Waals surface area contributed by atoms with Gasteiger partial charge < -0.3 is 15.2 Å². The van der Waals surface area contributed by atoms with Crippen molar-refractivity contribution in [1.82, 2.24) is 9.47 Å². The van der Waals surface area contributed by atoms with E-state index < -0.39 is 0 Å². The van der Waals surface area contributed by atoms with Crippen LogP contribution in [0.5, 0.6) is 0 Å². The number of hydrogen-bond acceptors (Lipinski definition) is 2. The first-order valence-corrected chi connectivity index (χ1v) is 5.42. The number of aryl methyl sites for hydroxylation is 1. The Hall–Kier alpha value is -1.71. The molecule has 4 heteroatoms. The van der Waals surface area contributed by atoms with E-state index in [0.717, 1.165) is 13.0 Å². The average molecular weight is 221 g/mol. The maximum Gasteiger partial charge on any atom is 0.270 e. The zero-order valence-electron chi connectivity index (χ0n) is 9.94. The van der Waals surface area contributed by atoms with Crippen LogP contribution in [0.25, 0.3) is 0 Å². The van der Waals surface area contributed by atoms with Gasteiger partial charge in [-0.1, -0.05) is 13.0 Å². The summed E-state index contributed by atoms with van der Waals surface area (Å²) in [6.07, 6.45) is 4.41. The van der Waals surface area contributed by atoms with Crippen LogP contribution in [0.2, 0.25) is 0 Å². The molecule has 1 rings (SSSR count). The quantitative estimate of drug-likeness (QED) is 0.768. The topological polar surface area (TPSA) is 51.3 Å². The minimum Gasteiger partial charge on any atom is -0.397 e. The number of aromatic nitrogens is 1. The van der Waals surface area contributed by atoms with Crippen molar-refractivity contribution < 1.29 is 4.79 Å². The number of anilines is 1. The van der Waals surface area contributed by atoms with Gasteiger partial charge in [0.05, 0.1) is 5.69 Å². The van der Waals surface area contributed by atoms with Crippen molar-refractivity contribution in [3.8, 4) is 0 Å². The predicted octanol–water partition coefficient (Wildman–Crippen LogP) is 1.65. The van der Waals surface area contributed by atoms with E-state index in [0.29, 0.717) is 17.9 Å². The minimum absolute atomic E-state index is 0.000880. The van der Waals surface area contributed by atoms with Crippen molar-refractivity contribution in [2.24, 2.45) is 7.05 Å². The van der Waals surface area contributed by atoms with Gasteiger partial charge in [0.15, 0.2) is 0 Å². The molecule has 0 saturated carbocycles. The highest BCUT2D eigenvalue weighted by atomic mass is 16.2. The molecule has 16 heavy (non-hydrogen) atoms. The molecule has 0 saturated heterocycles. The van der Waals surface area contributed by atoms with E-state index in [4.69, 9.17) is 5.73 Å². The zero-order chi connectivity index (χ0) is 12.1. The molecule has 0 spiro atoms. The summed E-state index contributed by atoms with van der Waals surface area (Å²) in [5, 5.41) is 0. The van der Waals surface area contributed by atoms with Gasteiger partial charge in [-0.05, 0) is 12.5 Å². The minimum atomic E-state index is 0.000880. The lowest BCUT2D eigenvalue weighted by Gasteiger charge is -2.20. The molecule has 0 unspecified atom stereocenters. The van der Waals surface area contributed by atoms with E-state index in [1.807, 2.05) is 14.0 Å². The summed E-state index contributed by atoms with van der Waals surface area (Å²) in [5.74, 6) is 0.000880. The predicted molar refractivity (Wildman–Crippen MR) is 66.2 cm³/mol. The maximum absolute atomic E-state index is 12.2. The fourth-order valence-corrected chi connectivity index (χ4v) is 1.67. The Kier molecular flexibility index (Phi) is 4.17. The van der Waals surface area contributed by atoms with Crippen LogP contribution in [0.15, 0.2) is 24.9 Å². The zero-order valence-corrected chi connectivity index (χ0v) is 9.94. The Morgan fingerprint density at radius 3 is 2.81 bits per heavy atom. The Labute approximate surface area is 96.3 Å². The molecule has 1 heterocycles. The van der Waals surface area contributed by atoms with E-state index in [2.05, 4.69) is 6.58 Å². The van der Waals surface area contributed by atoms with Crippen molar-refractivity contribution in [1.29, 1.82) is 0 Å². The summed E-state index contributed by atoms with van der Waals surface area (Å²) < 4.78 is 1.75. The summed E-state index contributed by atoms with van der Waals surface area (Å²) in [5.41, 5.74) is 6.88. The first-order chi connectivity index (χ1) is 7.60. The van der Waals surface area contributed by atoms with Gasteiger partial charge in [0.2, 0.25) is 0 Å². The van der Waals surface area contributed by atoms with E-state index in [1.54, 1.807) is 27.8 Å². The Morgan fingerprint density at radius 1 is 1.69 bits per heavy atom. The van der Waals surface area contributed by atoms with Crippen LogP contribution in [0.1, 0.15) is 23.8 Å². The molecule has 0 fully saturated rings. The van der Waals surface area contributed by atoms with Gasteiger partial charge >= 0.3 is 0 Å². The third-order valence-electron chi connectivity index (χ3n) is 2.38. The number of carbonyl (C=O) groups is 1. The van der Waals surface area contributed by atoms with Crippen molar-refractivity contribution in [2.45, 2.75) is 13.3 Å². The number of nitrogen functional groups attached to an aromatic ring is 1. The van der Waals surface area contributed by atoms with Crippen molar-refractivity contribution >= 4 is 11.6 Å². The maximum atomic E-state index is 12.2. The standard InChI is InChI=1S/C12H19N3O/c1-4-6-15(7-5-2)12(16)11-8-10(13)9-14(11)3/h4,8-9H,1,5-7,13H2,2-3H3. The van der Waals surface area contributed by atoms with E-state index in [9.17, 15) is 4.79 Å². The molecule has 1 amide bonds. The summed E-state index contributed by atoms with van der Waals surface area (Å²) >= 11 is 0. The van der Waals surface area contributed by atoms with E-state index >= 15 is 0 Å². The molecule has 0 atom stereocenters. The third kappa shape index (κ3) is 2.66. The highest BCUT2D eigenvalue weighted by Gasteiger charge is 2.16. The van der Waals surface area contributed by atoms with Crippen LogP contribution in [0.3, 0.4) is 0 Å². The van der Waals surface area contributed by atoms with Gasteiger partial charge in [-0.15, -0.1) is 6.58 Å². The van der Waals surface area contributed by atoms with Crippen LogP contribution >= 0.6 is 0 Å². The van der Waals surface area contributed by atoms with Gasteiger partial charge in [0.1, 0.15) is 5.69 Å². The molecule has 88 valence electrons. The lowest BCUT2D eigenvalue weighted by Crippen LogP contribution is -2.33. The molecule has 0 aliphatic carbocycles. The first kappa shape index (κ1) is 12.4. The number of nitrogens with two attached hydrogens (primary N) is 1. The number of nitrogens with zero attached hydrogens (tertiary/aromatic N) is 2. The van der Waals surface area contributed by atoms with Gasteiger partial charge in [0, 0.05) is 26.3 Å². The first-order valence-electron chi connectivity index (χ1n) is 5.42. The average Bonchev–Trinajstić information content (AvgIpc) is 2.56. The molecule has 0 radical (unpaired) electrons. The summed E-state index contributed by atoms with van der Waals surface area (Å²) in [6, 6.07) is 1.70. The monoisotopic (exact) mass is 221 g/mol. The van der Waals surface area contributed by atoms with Gasteiger partial charge in [-0.3, -0.25) is 4.79 Å². The normalized spacial score (nSPS) is 10.1. The number of hydrogen-bond donors (Lipinski definition) is 1. The molecule has 4 nitrogen and oxygen atoms in total. The highest BCUT2D eigenvalue weighted by Crippen LogP contribution is 2.11. The van der Waals surface area contributed by atoms with Gasteiger partial charge in [-0.25, -0.2) is 0 Å². The second-order valence-corrected chi connectivity index (χ2v) is 3.81. The van der Waals surface area contributed by atoms with E-state index in [-0.39, 0.29) is 5.91 Å². The fourth-order valence-electron chi connectivity index (χ4n) is 1.67. The summed E-state index contributed by atoms with van der Waals surface area (Å²) in [6.45, 7) is 7.00. The largest absolute Gasteiger partial charge is 0.397 e. The SMILES string of the molecule is C=CCN(CCC)C(=O)c1cc(N)cn1C. The molecule has 1 aromatic heterocycles. The number of rotatable bonds is 5. The second-order valence-electron chi connectivity index (χ2n) is 3.81. The molecular formula is C12H19N3O. The Bertz CT molecular complexity index is 382. The lowest BCUT2D eigenvalue weighted by atomic mass is 10.3. The second kappa shape index (κ2) is 5.39. The molecular weight excluding hydrogens is 202 g/mol. The fraction of sp³-hybridized carbons (Fsp3) is 0.417. The van der Waals surface area contributed by atoms with Crippen LogP contribution < -0.4 is 5.73 Å². The molecule has 2 N–H and O–H groups in total. The molecule has 0 aliphatic rings. The van der Waals surface area contributed by atoms with E-state index in [1.165, 1.54) is 0 Å². The summed E-state index contributed by atoms with van der Waals surface area (Å²) in [7, 11) is 1.82. The Morgan fingerprint density at radius 2 is 2.38 bits per heavy atom. The van der Waals surface area contributed by atoms with Crippen molar-refractivity contribution in [2.75, 3.05) is 18.8 Å². The van der Waals surface area contributed by atoms with Crippen LogP contribution in [0, 0.1) is 0 Å². The smallest absolute Gasteiger partial charge is 0.270 e. The van der Waals surface area contributed by atoms with Crippen LogP contribution in [0.4, 0.5) is 5.69 Å². The van der Waals surface area contributed by atoms with Crippen molar-refractivity contribution in [3.05, 3.63) is 30.6 Å². The van der Waals surface area contributed by atoms with Gasteiger partial charge in [-0.2, -0.15) is 0 Å². The number of carbonyl (C=O) groups excluding carboxylic acids is 1. The molecule has 0 aromatic carbocycles. The lowest BCUT2D eigenvalue weighted by molar-refractivity contribution is 0.0764. The molecule has 0 aliphatic heterocycles. The third-order valence-corrected chi connectivity index (χ3v) is 2.38. The Balaban J connectivity index is 2.89. The van der Waals surface area contributed by atoms with Crippen LogP contribution in [-0.4, -0.2) is 28.5 Å². The van der Waals surface area contributed by atoms with Gasteiger partial charge in [0.25, 0.3) is 5.91 Å².